The highest BCUT2D eigenvalue weighted by Gasteiger charge is 2.21. The highest BCUT2D eigenvalue weighted by Crippen LogP contribution is 2.19. The number of amides is 1. The molecule has 1 amide bonds. The van der Waals surface area contributed by atoms with Gasteiger partial charge in [-0.25, -0.2) is 13.1 Å². The summed E-state index contributed by atoms with van der Waals surface area (Å²) in [7, 11) is -3.73. The lowest BCUT2D eigenvalue weighted by Gasteiger charge is -2.19. The van der Waals surface area contributed by atoms with E-state index < -0.39 is 22.0 Å². The van der Waals surface area contributed by atoms with Gasteiger partial charge in [-0.15, -0.1) is 0 Å². The Bertz CT molecular complexity index is 1000. The maximum atomic E-state index is 12.6. The summed E-state index contributed by atoms with van der Waals surface area (Å²) in [5.74, 6) is -0.783. The molecule has 2 aromatic carbocycles. The van der Waals surface area contributed by atoms with Crippen LogP contribution in [0, 0.1) is 13.8 Å². The molecule has 0 bridgehead atoms. The van der Waals surface area contributed by atoms with Gasteiger partial charge in [0.1, 0.15) is 0 Å². The van der Waals surface area contributed by atoms with Crippen LogP contribution in [0.3, 0.4) is 0 Å². The third-order valence-electron chi connectivity index (χ3n) is 4.55. The summed E-state index contributed by atoms with van der Waals surface area (Å²) >= 11 is 0. The lowest BCUT2D eigenvalue weighted by Crippen LogP contribution is -2.34. The third-order valence-corrected chi connectivity index (χ3v) is 6.16. The number of aryl methyl sites for hydroxylation is 2. The van der Waals surface area contributed by atoms with Crippen LogP contribution >= 0.6 is 0 Å². The van der Waals surface area contributed by atoms with Gasteiger partial charge in [-0.1, -0.05) is 42.5 Å². The number of nitrogens with one attached hydrogen (secondary N) is 2. The van der Waals surface area contributed by atoms with E-state index >= 15 is 0 Å². The minimum Gasteiger partial charge on any atom is -0.463 e. The van der Waals surface area contributed by atoms with Gasteiger partial charge in [0.05, 0.1) is 23.5 Å². The average Bonchev–Trinajstić information content (AvgIpc) is 2.69. The highest BCUT2D eigenvalue weighted by molar-refractivity contribution is 7.89. The Kier molecular flexibility index (Phi) is 8.76. The molecule has 31 heavy (non-hydrogen) atoms. The third kappa shape index (κ3) is 7.80. The van der Waals surface area contributed by atoms with E-state index in [1.165, 1.54) is 0 Å². The molecule has 168 valence electrons. The van der Waals surface area contributed by atoms with Crippen molar-refractivity contribution in [3.8, 4) is 0 Å². The molecular weight excluding hydrogens is 416 g/mol. The molecule has 0 saturated carbocycles. The second-order valence-corrected chi connectivity index (χ2v) is 9.43. The minimum atomic E-state index is -3.73. The van der Waals surface area contributed by atoms with Crippen molar-refractivity contribution in [1.29, 1.82) is 0 Å². The van der Waals surface area contributed by atoms with E-state index in [4.69, 9.17) is 4.74 Å². The number of carbonyl (C=O) groups is 2. The molecule has 0 saturated heterocycles. The highest BCUT2D eigenvalue weighted by atomic mass is 32.2. The molecule has 0 aliphatic carbocycles. The second-order valence-electron chi connectivity index (χ2n) is 7.69. The summed E-state index contributed by atoms with van der Waals surface area (Å²) in [6.07, 6.45) is -0.325. The number of esters is 1. The molecule has 0 heterocycles. The number of sulfonamides is 1. The fourth-order valence-corrected chi connectivity index (χ4v) is 4.41. The molecule has 0 fully saturated rings. The number of hydrogen-bond donors (Lipinski definition) is 2. The molecule has 2 rings (SSSR count). The molecule has 2 aromatic rings. The van der Waals surface area contributed by atoms with Gasteiger partial charge in [-0.2, -0.15) is 0 Å². The van der Waals surface area contributed by atoms with Crippen LogP contribution < -0.4 is 10.0 Å². The smallest absolute Gasteiger partial charge is 0.308 e. The maximum Gasteiger partial charge on any atom is 0.308 e. The standard InChI is InChI=1S/C23H30N2O5S/c1-16(2)30-23(27)15-20(19-8-6-5-7-9-19)25-22(26)12-13-24-31(28,29)21-14-17(3)10-11-18(21)4/h5-11,14,16,20,24H,12-13,15H2,1-4H3,(H,25,26). The van der Waals surface area contributed by atoms with E-state index in [0.29, 0.717) is 5.56 Å². The Labute approximate surface area is 184 Å². The first-order valence-electron chi connectivity index (χ1n) is 10.2. The van der Waals surface area contributed by atoms with Crippen LogP contribution in [0.15, 0.2) is 53.4 Å². The Morgan fingerprint density at radius 3 is 2.35 bits per heavy atom. The molecule has 0 aliphatic heterocycles. The van der Waals surface area contributed by atoms with E-state index in [1.54, 1.807) is 32.9 Å². The van der Waals surface area contributed by atoms with Crippen molar-refractivity contribution in [2.75, 3.05) is 6.54 Å². The molecule has 7 nitrogen and oxygen atoms in total. The molecule has 1 atom stereocenters. The van der Waals surface area contributed by atoms with Gasteiger partial charge in [0.2, 0.25) is 15.9 Å². The number of benzene rings is 2. The molecule has 8 heteroatoms. The molecule has 0 aliphatic rings. The van der Waals surface area contributed by atoms with Crippen molar-refractivity contribution < 1.29 is 22.7 Å². The molecule has 0 spiro atoms. The SMILES string of the molecule is Cc1ccc(C)c(S(=O)(=O)NCCC(=O)NC(CC(=O)OC(C)C)c2ccccc2)c1. The maximum absolute atomic E-state index is 12.6. The van der Waals surface area contributed by atoms with E-state index in [1.807, 2.05) is 43.3 Å². The fourth-order valence-electron chi connectivity index (χ4n) is 3.06. The van der Waals surface area contributed by atoms with E-state index in [9.17, 15) is 18.0 Å². The van der Waals surface area contributed by atoms with E-state index in [-0.39, 0.29) is 36.3 Å². The molecule has 0 radical (unpaired) electrons. The second kappa shape index (κ2) is 11.1. The van der Waals surface area contributed by atoms with Gasteiger partial charge in [0.15, 0.2) is 0 Å². The average molecular weight is 447 g/mol. The number of ether oxygens (including phenoxy) is 1. The quantitative estimate of drug-likeness (QED) is 0.546. The van der Waals surface area contributed by atoms with Gasteiger partial charge in [-0.05, 0) is 50.5 Å². The van der Waals surface area contributed by atoms with Gasteiger partial charge in [-0.3, -0.25) is 9.59 Å². The van der Waals surface area contributed by atoms with Gasteiger partial charge in [0.25, 0.3) is 0 Å². The van der Waals surface area contributed by atoms with Crippen molar-refractivity contribution >= 4 is 21.9 Å². The van der Waals surface area contributed by atoms with Crippen LogP contribution in [-0.2, 0) is 24.3 Å². The first-order chi connectivity index (χ1) is 14.6. The molecule has 1 unspecified atom stereocenters. The van der Waals surface area contributed by atoms with Crippen molar-refractivity contribution in [2.24, 2.45) is 0 Å². The number of rotatable bonds is 10. The number of hydrogen-bond acceptors (Lipinski definition) is 5. The predicted octanol–water partition coefficient (Wildman–Crippen LogP) is 3.17. The largest absolute Gasteiger partial charge is 0.463 e. The summed E-state index contributed by atoms with van der Waals surface area (Å²) in [5.41, 5.74) is 2.24. The zero-order valence-corrected chi connectivity index (χ0v) is 19.2. The fraction of sp³-hybridized carbons (Fsp3) is 0.391. The zero-order valence-electron chi connectivity index (χ0n) is 18.3. The van der Waals surface area contributed by atoms with Gasteiger partial charge < -0.3 is 10.1 Å². The number of carbonyl (C=O) groups excluding carboxylic acids is 2. The van der Waals surface area contributed by atoms with Crippen molar-refractivity contribution in [2.45, 2.75) is 57.6 Å². The first kappa shape index (κ1) is 24.6. The van der Waals surface area contributed by atoms with Crippen LogP contribution in [0.5, 0.6) is 0 Å². The van der Waals surface area contributed by atoms with Crippen LogP contribution in [0.25, 0.3) is 0 Å². The Morgan fingerprint density at radius 1 is 1.03 bits per heavy atom. The zero-order chi connectivity index (χ0) is 23.0. The Balaban J connectivity index is 1.99. The summed E-state index contributed by atoms with van der Waals surface area (Å²) in [6.45, 7) is 7.01. The van der Waals surface area contributed by atoms with Crippen LogP contribution in [0.2, 0.25) is 0 Å². The van der Waals surface area contributed by atoms with Crippen LogP contribution in [0.4, 0.5) is 0 Å². The summed E-state index contributed by atoms with van der Waals surface area (Å²) in [4.78, 5) is 24.8. The molecular formula is C23H30N2O5S. The summed E-state index contributed by atoms with van der Waals surface area (Å²) < 4.78 is 32.8. The Morgan fingerprint density at radius 2 is 1.71 bits per heavy atom. The van der Waals surface area contributed by atoms with Gasteiger partial charge >= 0.3 is 5.97 Å². The molecule has 2 N–H and O–H groups in total. The van der Waals surface area contributed by atoms with Crippen molar-refractivity contribution in [3.05, 3.63) is 65.2 Å². The molecule has 0 aromatic heterocycles. The minimum absolute atomic E-state index is 0.0118. The first-order valence-corrected chi connectivity index (χ1v) is 11.7. The monoisotopic (exact) mass is 446 g/mol. The summed E-state index contributed by atoms with van der Waals surface area (Å²) in [5, 5.41) is 2.81. The van der Waals surface area contributed by atoms with E-state index in [0.717, 1.165) is 11.1 Å². The normalized spacial score (nSPS) is 12.4. The van der Waals surface area contributed by atoms with Crippen molar-refractivity contribution in [1.82, 2.24) is 10.0 Å². The van der Waals surface area contributed by atoms with Gasteiger partial charge in [0, 0.05) is 13.0 Å². The van der Waals surface area contributed by atoms with E-state index in [2.05, 4.69) is 10.0 Å². The summed E-state index contributed by atoms with van der Waals surface area (Å²) in [6, 6.07) is 13.7. The van der Waals surface area contributed by atoms with Crippen LogP contribution in [-0.4, -0.2) is 32.9 Å². The Hall–Kier alpha value is -2.71. The topological polar surface area (TPSA) is 102 Å². The van der Waals surface area contributed by atoms with Crippen molar-refractivity contribution in [3.63, 3.8) is 0 Å². The predicted molar refractivity (Wildman–Crippen MR) is 119 cm³/mol. The lowest BCUT2D eigenvalue weighted by atomic mass is 10.0. The lowest BCUT2D eigenvalue weighted by molar-refractivity contribution is -0.148. The van der Waals surface area contributed by atoms with Crippen LogP contribution in [0.1, 0.15) is 49.4 Å².